The number of hydrogen-bond acceptors (Lipinski definition) is 4. The van der Waals surface area contributed by atoms with Gasteiger partial charge in [-0.25, -0.2) is 9.78 Å². The number of rotatable bonds is 5. The van der Waals surface area contributed by atoms with Crippen LogP contribution in [0.3, 0.4) is 0 Å². The largest absolute Gasteiger partial charge is 0.333 e. The lowest BCUT2D eigenvalue weighted by Gasteiger charge is -2.27. The summed E-state index contributed by atoms with van der Waals surface area (Å²) in [5, 5.41) is 14.0. The van der Waals surface area contributed by atoms with Gasteiger partial charge in [-0.3, -0.25) is 9.47 Å². The lowest BCUT2D eigenvalue weighted by atomic mass is 10.0. The van der Waals surface area contributed by atoms with E-state index in [0.29, 0.717) is 34.6 Å². The van der Waals surface area contributed by atoms with E-state index in [4.69, 9.17) is 11.6 Å². The molecule has 1 N–H and O–H groups in total. The van der Waals surface area contributed by atoms with Gasteiger partial charge in [0.2, 0.25) is 5.95 Å². The number of fused-ring (bicyclic) bond motifs is 3. The minimum Gasteiger partial charge on any atom is -0.333 e. The highest BCUT2D eigenvalue weighted by Gasteiger charge is 2.26. The standard InChI is InChI=1S/C28H23ClFN5O/c29-22-6-3-19(4-7-22)2-1-12-34-13-10-25-24(18-34)23-8-5-20(16-31)14-26(23)35(25)28(36)33-17-21-9-11-32-27(30)15-21/h1-9,11,14-15H,10,12-13,17-18H2,(H,33,36)/b2-1+. The number of pyridine rings is 1. The van der Waals surface area contributed by atoms with E-state index in [1.807, 2.05) is 30.3 Å². The fourth-order valence-electron chi connectivity index (χ4n) is 4.59. The quantitative estimate of drug-likeness (QED) is 0.366. The van der Waals surface area contributed by atoms with Crippen molar-refractivity contribution >= 4 is 34.6 Å². The Morgan fingerprint density at radius 2 is 2.03 bits per heavy atom. The molecule has 1 aliphatic rings. The molecule has 0 atom stereocenters. The molecule has 5 rings (SSSR count). The van der Waals surface area contributed by atoms with E-state index in [0.717, 1.165) is 35.3 Å². The van der Waals surface area contributed by atoms with Crippen LogP contribution >= 0.6 is 11.6 Å². The van der Waals surface area contributed by atoms with Crippen LogP contribution in [0.2, 0.25) is 5.02 Å². The molecule has 180 valence electrons. The average Bonchev–Trinajstić information content (AvgIpc) is 3.21. The fraction of sp³-hybridized carbons (Fsp3) is 0.179. The van der Waals surface area contributed by atoms with Crippen molar-refractivity contribution in [2.45, 2.75) is 19.5 Å². The van der Waals surface area contributed by atoms with Gasteiger partial charge >= 0.3 is 6.03 Å². The van der Waals surface area contributed by atoms with Gasteiger partial charge in [0.05, 0.1) is 17.1 Å². The summed E-state index contributed by atoms with van der Waals surface area (Å²) < 4.78 is 15.1. The van der Waals surface area contributed by atoms with Crippen molar-refractivity contribution in [3.8, 4) is 6.07 Å². The van der Waals surface area contributed by atoms with E-state index < -0.39 is 5.95 Å². The highest BCUT2D eigenvalue weighted by molar-refractivity contribution is 6.30. The zero-order valence-corrected chi connectivity index (χ0v) is 20.2. The lowest BCUT2D eigenvalue weighted by molar-refractivity contribution is 0.240. The first kappa shape index (κ1) is 23.7. The Balaban J connectivity index is 1.39. The van der Waals surface area contributed by atoms with Crippen molar-refractivity contribution < 1.29 is 9.18 Å². The molecule has 0 spiro atoms. The van der Waals surface area contributed by atoms with E-state index >= 15 is 0 Å². The number of nitrogens with zero attached hydrogens (tertiary/aromatic N) is 4. The van der Waals surface area contributed by atoms with E-state index in [2.05, 4.69) is 33.4 Å². The number of aromatic nitrogens is 2. The van der Waals surface area contributed by atoms with Gasteiger partial charge in [0, 0.05) is 54.9 Å². The third kappa shape index (κ3) is 5.01. The van der Waals surface area contributed by atoms with Gasteiger partial charge in [0.1, 0.15) is 0 Å². The Bertz CT molecular complexity index is 1500. The van der Waals surface area contributed by atoms with E-state index in [1.54, 1.807) is 22.8 Å². The maximum absolute atomic E-state index is 13.4. The van der Waals surface area contributed by atoms with Crippen molar-refractivity contribution in [3.05, 3.63) is 106 Å². The van der Waals surface area contributed by atoms with Crippen LogP contribution in [0.1, 0.15) is 27.9 Å². The van der Waals surface area contributed by atoms with Crippen LogP contribution in [0, 0.1) is 17.3 Å². The molecule has 1 aliphatic heterocycles. The first-order chi connectivity index (χ1) is 17.5. The zero-order valence-electron chi connectivity index (χ0n) is 19.4. The summed E-state index contributed by atoms with van der Waals surface area (Å²) >= 11 is 5.97. The Kier molecular flexibility index (Phi) is 6.81. The van der Waals surface area contributed by atoms with Crippen LogP contribution in [-0.4, -0.2) is 33.6 Å². The predicted octanol–water partition coefficient (Wildman–Crippen LogP) is 5.53. The van der Waals surface area contributed by atoms with E-state index in [9.17, 15) is 14.4 Å². The van der Waals surface area contributed by atoms with Crippen LogP contribution in [0.4, 0.5) is 9.18 Å². The van der Waals surface area contributed by atoms with Gasteiger partial charge < -0.3 is 5.32 Å². The molecule has 0 saturated heterocycles. The molecule has 0 unspecified atom stereocenters. The number of amides is 1. The van der Waals surface area contributed by atoms with Crippen molar-refractivity contribution in [3.63, 3.8) is 0 Å². The number of carbonyl (C=O) groups is 1. The Hall–Kier alpha value is -3.99. The SMILES string of the molecule is N#Cc1ccc2c3c(n(C(=O)NCc4ccnc(F)c4)c2c1)CCN(C/C=C/c1ccc(Cl)cc1)C3. The third-order valence-corrected chi connectivity index (χ3v) is 6.59. The van der Waals surface area contributed by atoms with Gasteiger partial charge in [-0.1, -0.05) is 42.0 Å². The molecule has 2 aromatic heterocycles. The Labute approximate surface area is 213 Å². The lowest BCUT2D eigenvalue weighted by Crippen LogP contribution is -2.34. The number of hydrogen-bond donors (Lipinski definition) is 1. The van der Waals surface area contributed by atoms with Gasteiger partial charge in [0.15, 0.2) is 0 Å². The maximum atomic E-state index is 13.4. The summed E-state index contributed by atoms with van der Waals surface area (Å²) in [5.41, 5.74) is 4.93. The first-order valence-corrected chi connectivity index (χ1v) is 12.0. The fourth-order valence-corrected chi connectivity index (χ4v) is 4.72. The highest BCUT2D eigenvalue weighted by Crippen LogP contribution is 2.31. The normalized spacial score (nSPS) is 13.6. The Morgan fingerprint density at radius 3 is 2.81 bits per heavy atom. The van der Waals surface area contributed by atoms with Gasteiger partial charge in [-0.2, -0.15) is 9.65 Å². The minimum atomic E-state index is -0.589. The van der Waals surface area contributed by atoms with E-state index in [-0.39, 0.29) is 12.6 Å². The molecule has 0 radical (unpaired) electrons. The summed E-state index contributed by atoms with van der Waals surface area (Å²) in [6.07, 6.45) is 6.27. The summed E-state index contributed by atoms with van der Waals surface area (Å²) in [6, 6.07) is 18.0. The predicted molar refractivity (Wildman–Crippen MR) is 138 cm³/mol. The van der Waals surface area contributed by atoms with Crippen LogP contribution < -0.4 is 5.32 Å². The van der Waals surface area contributed by atoms with E-state index in [1.165, 1.54) is 12.3 Å². The van der Waals surface area contributed by atoms with Crippen molar-refractivity contribution in [1.82, 2.24) is 19.8 Å². The Morgan fingerprint density at radius 1 is 1.19 bits per heavy atom. The van der Waals surface area contributed by atoms with Crippen LogP contribution in [-0.2, 0) is 19.5 Å². The molecule has 1 amide bonds. The van der Waals surface area contributed by atoms with Gasteiger partial charge in [0.25, 0.3) is 0 Å². The first-order valence-electron chi connectivity index (χ1n) is 11.6. The molecule has 0 fully saturated rings. The molecule has 0 bridgehead atoms. The van der Waals surface area contributed by atoms with Crippen LogP contribution in [0.5, 0.6) is 0 Å². The number of nitriles is 1. The molecule has 36 heavy (non-hydrogen) atoms. The summed E-state index contributed by atoms with van der Waals surface area (Å²) in [7, 11) is 0. The van der Waals surface area contributed by atoms with Crippen molar-refractivity contribution in [2.75, 3.05) is 13.1 Å². The topological polar surface area (TPSA) is 74.0 Å². The molecule has 0 aliphatic carbocycles. The molecule has 6 nitrogen and oxygen atoms in total. The maximum Gasteiger partial charge on any atom is 0.326 e. The zero-order chi connectivity index (χ0) is 25.1. The second kappa shape index (κ2) is 10.3. The van der Waals surface area contributed by atoms with Gasteiger partial charge in [-0.05, 0) is 53.1 Å². The molecule has 2 aromatic carbocycles. The second-order valence-electron chi connectivity index (χ2n) is 8.69. The molecular formula is C28H23ClFN5O. The molecule has 0 saturated carbocycles. The number of nitrogens with one attached hydrogen (secondary N) is 1. The summed E-state index contributed by atoms with van der Waals surface area (Å²) in [4.78, 5) is 19.2. The number of halogens is 2. The second-order valence-corrected chi connectivity index (χ2v) is 9.13. The molecular weight excluding hydrogens is 477 g/mol. The third-order valence-electron chi connectivity index (χ3n) is 6.34. The van der Waals surface area contributed by atoms with Crippen LogP contribution in [0.15, 0.2) is 66.9 Å². The average molecular weight is 500 g/mol. The summed E-state index contributed by atoms with van der Waals surface area (Å²) in [6.45, 7) is 2.43. The monoisotopic (exact) mass is 499 g/mol. The number of carbonyl (C=O) groups excluding carboxylic acids is 1. The molecule has 3 heterocycles. The van der Waals surface area contributed by atoms with Crippen molar-refractivity contribution in [2.24, 2.45) is 0 Å². The highest BCUT2D eigenvalue weighted by atomic mass is 35.5. The van der Waals surface area contributed by atoms with Crippen molar-refractivity contribution in [1.29, 1.82) is 5.26 Å². The molecule has 4 aromatic rings. The number of benzene rings is 2. The molecule has 8 heteroatoms. The van der Waals surface area contributed by atoms with Crippen LogP contribution in [0.25, 0.3) is 17.0 Å². The summed E-state index contributed by atoms with van der Waals surface area (Å²) in [5.74, 6) is -0.589. The smallest absolute Gasteiger partial charge is 0.326 e. The van der Waals surface area contributed by atoms with Gasteiger partial charge in [-0.15, -0.1) is 0 Å². The minimum absolute atomic E-state index is 0.173.